The Labute approximate surface area is 87.9 Å². The third-order valence-corrected chi connectivity index (χ3v) is 2.04. The van der Waals surface area contributed by atoms with Gasteiger partial charge < -0.3 is 15.4 Å². The number of hydrogen-bond acceptors (Lipinski definition) is 3. The molecule has 0 aromatic heterocycles. The molecular formula is C11H24N2O. The van der Waals surface area contributed by atoms with Crippen molar-refractivity contribution in [3.63, 3.8) is 0 Å². The average molecular weight is 200 g/mol. The van der Waals surface area contributed by atoms with Crippen LogP contribution >= 0.6 is 0 Å². The number of rotatable bonds is 7. The summed E-state index contributed by atoms with van der Waals surface area (Å²) >= 11 is 0. The zero-order valence-electron chi connectivity index (χ0n) is 9.92. The molecule has 0 saturated heterocycles. The van der Waals surface area contributed by atoms with Gasteiger partial charge in [-0.2, -0.15) is 0 Å². The van der Waals surface area contributed by atoms with Gasteiger partial charge in [0.2, 0.25) is 0 Å². The molecule has 0 amide bonds. The third-order valence-electron chi connectivity index (χ3n) is 2.04. The van der Waals surface area contributed by atoms with Gasteiger partial charge in [-0.3, -0.25) is 0 Å². The SMILES string of the molecule is C=C(C)COC[C@H](N)C(C)CN(C)C. The van der Waals surface area contributed by atoms with Crippen LogP contribution in [0.4, 0.5) is 0 Å². The van der Waals surface area contributed by atoms with E-state index >= 15 is 0 Å². The molecule has 3 heteroatoms. The van der Waals surface area contributed by atoms with Gasteiger partial charge in [-0.1, -0.05) is 19.1 Å². The average Bonchev–Trinajstić information content (AvgIpc) is 2.01. The van der Waals surface area contributed by atoms with Crippen molar-refractivity contribution in [2.75, 3.05) is 33.9 Å². The summed E-state index contributed by atoms with van der Waals surface area (Å²) in [6, 6.07) is 0.108. The molecule has 0 fully saturated rings. The summed E-state index contributed by atoms with van der Waals surface area (Å²) < 4.78 is 5.42. The summed E-state index contributed by atoms with van der Waals surface area (Å²) in [4.78, 5) is 2.14. The van der Waals surface area contributed by atoms with E-state index in [4.69, 9.17) is 10.5 Å². The molecule has 0 saturated carbocycles. The van der Waals surface area contributed by atoms with E-state index in [-0.39, 0.29) is 6.04 Å². The van der Waals surface area contributed by atoms with Crippen LogP contribution in [-0.2, 0) is 4.74 Å². The lowest BCUT2D eigenvalue weighted by Crippen LogP contribution is -2.38. The van der Waals surface area contributed by atoms with Crippen molar-refractivity contribution in [2.45, 2.75) is 19.9 Å². The second-order valence-corrected chi connectivity index (χ2v) is 4.38. The molecule has 0 spiro atoms. The minimum atomic E-state index is 0.108. The number of nitrogens with zero attached hydrogens (tertiary/aromatic N) is 1. The fraction of sp³-hybridized carbons (Fsp3) is 0.818. The van der Waals surface area contributed by atoms with Crippen LogP contribution in [-0.4, -0.2) is 44.8 Å². The molecule has 0 aliphatic heterocycles. The van der Waals surface area contributed by atoms with Crippen LogP contribution in [0.5, 0.6) is 0 Å². The van der Waals surface area contributed by atoms with Crippen LogP contribution in [0.15, 0.2) is 12.2 Å². The molecule has 0 radical (unpaired) electrons. The van der Waals surface area contributed by atoms with Crippen molar-refractivity contribution < 1.29 is 4.74 Å². The molecule has 0 bridgehead atoms. The van der Waals surface area contributed by atoms with Crippen LogP contribution in [0.3, 0.4) is 0 Å². The molecule has 1 unspecified atom stereocenters. The van der Waals surface area contributed by atoms with E-state index in [1.54, 1.807) is 0 Å². The Kier molecular flexibility index (Phi) is 6.79. The second kappa shape index (κ2) is 6.98. The minimum Gasteiger partial charge on any atom is -0.376 e. The molecule has 2 N–H and O–H groups in total. The predicted octanol–water partition coefficient (Wildman–Crippen LogP) is 1.10. The van der Waals surface area contributed by atoms with E-state index in [2.05, 4.69) is 32.5 Å². The fourth-order valence-electron chi connectivity index (χ4n) is 1.24. The summed E-state index contributed by atoms with van der Waals surface area (Å²) in [6.45, 7) is 10.1. The maximum Gasteiger partial charge on any atom is 0.0672 e. The molecule has 0 aromatic carbocycles. The smallest absolute Gasteiger partial charge is 0.0672 e. The van der Waals surface area contributed by atoms with E-state index < -0.39 is 0 Å². The molecule has 0 aliphatic carbocycles. The van der Waals surface area contributed by atoms with Gasteiger partial charge in [0.1, 0.15) is 0 Å². The van der Waals surface area contributed by atoms with Crippen molar-refractivity contribution >= 4 is 0 Å². The van der Waals surface area contributed by atoms with E-state index in [1.807, 2.05) is 6.92 Å². The molecule has 2 atom stereocenters. The van der Waals surface area contributed by atoms with Gasteiger partial charge in [-0.25, -0.2) is 0 Å². The standard InChI is InChI=1S/C11H24N2O/c1-9(2)7-14-8-11(12)10(3)6-13(4)5/h10-11H,1,6-8,12H2,2-5H3/t10?,11-/m0/s1. The van der Waals surface area contributed by atoms with Crippen molar-refractivity contribution in [3.05, 3.63) is 12.2 Å². The number of nitrogens with two attached hydrogens (primary N) is 1. The van der Waals surface area contributed by atoms with Gasteiger partial charge in [0.05, 0.1) is 13.2 Å². The molecular weight excluding hydrogens is 176 g/mol. The summed E-state index contributed by atoms with van der Waals surface area (Å²) in [7, 11) is 4.11. The van der Waals surface area contributed by atoms with Gasteiger partial charge in [-0.15, -0.1) is 0 Å². The van der Waals surface area contributed by atoms with Gasteiger partial charge in [0.15, 0.2) is 0 Å². The van der Waals surface area contributed by atoms with Crippen LogP contribution in [0.1, 0.15) is 13.8 Å². The van der Waals surface area contributed by atoms with Crippen molar-refractivity contribution in [3.8, 4) is 0 Å². The van der Waals surface area contributed by atoms with Crippen molar-refractivity contribution in [1.82, 2.24) is 4.90 Å². The Bertz CT molecular complexity index is 169. The second-order valence-electron chi connectivity index (χ2n) is 4.38. The highest BCUT2D eigenvalue weighted by Crippen LogP contribution is 2.03. The summed E-state index contributed by atoms with van der Waals surface area (Å²) in [5, 5.41) is 0. The molecule has 84 valence electrons. The first kappa shape index (κ1) is 13.6. The van der Waals surface area contributed by atoms with Crippen LogP contribution in [0.25, 0.3) is 0 Å². The Hall–Kier alpha value is -0.380. The van der Waals surface area contributed by atoms with E-state index in [0.717, 1.165) is 12.1 Å². The van der Waals surface area contributed by atoms with Crippen LogP contribution in [0.2, 0.25) is 0 Å². The predicted molar refractivity (Wildman–Crippen MR) is 61.3 cm³/mol. The quantitative estimate of drug-likeness (QED) is 0.626. The Morgan fingerprint density at radius 1 is 1.50 bits per heavy atom. The third kappa shape index (κ3) is 7.06. The highest BCUT2D eigenvalue weighted by molar-refractivity contribution is 4.87. The summed E-state index contributed by atoms with van der Waals surface area (Å²) in [5.74, 6) is 0.454. The first-order chi connectivity index (χ1) is 6.43. The van der Waals surface area contributed by atoms with Crippen LogP contribution in [0, 0.1) is 5.92 Å². The highest BCUT2D eigenvalue weighted by atomic mass is 16.5. The lowest BCUT2D eigenvalue weighted by Gasteiger charge is -2.23. The van der Waals surface area contributed by atoms with Crippen molar-refractivity contribution in [2.24, 2.45) is 11.7 Å². The van der Waals surface area contributed by atoms with Crippen LogP contribution < -0.4 is 5.73 Å². The molecule has 0 rings (SSSR count). The zero-order valence-corrected chi connectivity index (χ0v) is 9.92. The molecule has 0 heterocycles. The maximum absolute atomic E-state index is 5.97. The molecule has 0 aromatic rings. The Balaban J connectivity index is 3.61. The minimum absolute atomic E-state index is 0.108. The summed E-state index contributed by atoms with van der Waals surface area (Å²) in [5.41, 5.74) is 7.01. The normalized spacial score (nSPS) is 15.6. The van der Waals surface area contributed by atoms with Crippen molar-refractivity contribution in [1.29, 1.82) is 0 Å². The Morgan fingerprint density at radius 2 is 2.07 bits per heavy atom. The van der Waals surface area contributed by atoms with Gasteiger partial charge in [0, 0.05) is 12.6 Å². The monoisotopic (exact) mass is 200 g/mol. The molecule has 3 nitrogen and oxygen atoms in total. The largest absolute Gasteiger partial charge is 0.376 e. The van der Waals surface area contributed by atoms with E-state index in [9.17, 15) is 0 Å². The topological polar surface area (TPSA) is 38.5 Å². The number of hydrogen-bond donors (Lipinski definition) is 1. The molecule has 14 heavy (non-hydrogen) atoms. The number of ether oxygens (including phenoxy) is 1. The fourth-order valence-corrected chi connectivity index (χ4v) is 1.24. The summed E-state index contributed by atoms with van der Waals surface area (Å²) in [6.07, 6.45) is 0. The molecule has 0 aliphatic rings. The van der Waals surface area contributed by atoms with Gasteiger partial charge in [-0.05, 0) is 26.9 Å². The van der Waals surface area contributed by atoms with Gasteiger partial charge in [0.25, 0.3) is 0 Å². The lowest BCUT2D eigenvalue weighted by atomic mass is 10.0. The first-order valence-electron chi connectivity index (χ1n) is 5.06. The highest BCUT2D eigenvalue weighted by Gasteiger charge is 2.13. The zero-order chi connectivity index (χ0) is 11.1. The first-order valence-corrected chi connectivity index (χ1v) is 5.06. The van der Waals surface area contributed by atoms with Gasteiger partial charge >= 0.3 is 0 Å². The lowest BCUT2D eigenvalue weighted by molar-refractivity contribution is 0.120. The van der Waals surface area contributed by atoms with E-state index in [1.165, 1.54) is 0 Å². The maximum atomic E-state index is 5.97. The van der Waals surface area contributed by atoms with E-state index in [0.29, 0.717) is 19.1 Å². The Morgan fingerprint density at radius 3 is 2.50 bits per heavy atom.